The number of hydrogen-bond acceptors (Lipinski definition) is 4. The maximum absolute atomic E-state index is 11.4. The number of nitrogens with one attached hydrogen (secondary N) is 2. The molecule has 5 nitrogen and oxygen atoms in total. The Labute approximate surface area is 95.6 Å². The van der Waals surface area contributed by atoms with Gasteiger partial charge in [-0.15, -0.1) is 0 Å². The maximum atomic E-state index is 11.4. The van der Waals surface area contributed by atoms with Gasteiger partial charge in [-0.1, -0.05) is 19.0 Å². The Morgan fingerprint density at radius 2 is 2.31 bits per heavy atom. The summed E-state index contributed by atoms with van der Waals surface area (Å²) in [6.07, 6.45) is 0.995. The van der Waals surface area contributed by atoms with E-state index in [1.54, 1.807) is 13.0 Å². The molecule has 0 bridgehead atoms. The quantitative estimate of drug-likeness (QED) is 0.771. The highest BCUT2D eigenvalue weighted by molar-refractivity contribution is 5.80. The summed E-state index contributed by atoms with van der Waals surface area (Å²) in [6.45, 7) is 7.01. The van der Waals surface area contributed by atoms with Gasteiger partial charge in [0.1, 0.15) is 5.76 Å². The van der Waals surface area contributed by atoms with E-state index in [2.05, 4.69) is 29.6 Å². The lowest BCUT2D eigenvalue weighted by atomic mass is 10.1. The van der Waals surface area contributed by atoms with Gasteiger partial charge < -0.3 is 15.2 Å². The summed E-state index contributed by atoms with van der Waals surface area (Å²) in [4.78, 5) is 11.4. The van der Waals surface area contributed by atoms with Crippen LogP contribution in [-0.4, -0.2) is 24.2 Å². The minimum absolute atomic E-state index is 0.0266. The van der Waals surface area contributed by atoms with E-state index in [1.807, 2.05) is 0 Å². The van der Waals surface area contributed by atoms with Crippen LogP contribution in [0, 0.1) is 12.8 Å². The topological polar surface area (TPSA) is 67.2 Å². The van der Waals surface area contributed by atoms with Crippen molar-refractivity contribution in [2.24, 2.45) is 5.92 Å². The van der Waals surface area contributed by atoms with Gasteiger partial charge >= 0.3 is 0 Å². The molecule has 0 saturated carbocycles. The van der Waals surface area contributed by atoms with E-state index in [0.717, 1.165) is 18.7 Å². The lowest BCUT2D eigenvalue weighted by Crippen LogP contribution is -2.31. The zero-order valence-electron chi connectivity index (χ0n) is 10.0. The standard InChI is InChI=1S/C11H19N3O2/c1-8(2)4-5-12-11(15)7-13-10-6-9(3)16-14-10/h6,8H,4-5,7H2,1-3H3,(H,12,15)(H,13,14). The Hall–Kier alpha value is -1.52. The second-order valence-electron chi connectivity index (χ2n) is 4.21. The molecule has 0 unspecified atom stereocenters. The molecule has 0 aromatic carbocycles. The van der Waals surface area contributed by atoms with Gasteiger partial charge in [0, 0.05) is 12.6 Å². The molecule has 0 aliphatic rings. The number of carbonyl (C=O) groups is 1. The van der Waals surface area contributed by atoms with Crippen LogP contribution in [0.25, 0.3) is 0 Å². The first kappa shape index (κ1) is 12.5. The van der Waals surface area contributed by atoms with Gasteiger partial charge in [-0.2, -0.15) is 0 Å². The summed E-state index contributed by atoms with van der Waals surface area (Å²) in [5.41, 5.74) is 0. The van der Waals surface area contributed by atoms with Crippen molar-refractivity contribution >= 4 is 11.7 Å². The van der Waals surface area contributed by atoms with Crippen LogP contribution in [0.4, 0.5) is 5.82 Å². The molecule has 0 saturated heterocycles. The molecular formula is C11H19N3O2. The number of rotatable bonds is 6. The molecule has 5 heteroatoms. The SMILES string of the molecule is Cc1cc(NCC(=O)NCCC(C)C)no1. The number of carbonyl (C=O) groups excluding carboxylic acids is 1. The average Bonchev–Trinajstić information content (AvgIpc) is 2.61. The summed E-state index contributed by atoms with van der Waals surface area (Å²) in [5, 5.41) is 9.45. The zero-order valence-corrected chi connectivity index (χ0v) is 10.0. The molecule has 1 rings (SSSR count). The van der Waals surface area contributed by atoms with Crippen LogP contribution in [0.2, 0.25) is 0 Å². The monoisotopic (exact) mass is 225 g/mol. The Balaban J connectivity index is 2.15. The normalized spacial score (nSPS) is 10.5. The molecule has 1 heterocycles. The third-order valence-corrected chi connectivity index (χ3v) is 2.10. The van der Waals surface area contributed by atoms with Gasteiger partial charge in [0.05, 0.1) is 6.54 Å². The van der Waals surface area contributed by atoms with Crippen LogP contribution in [0.3, 0.4) is 0 Å². The molecular weight excluding hydrogens is 206 g/mol. The highest BCUT2D eigenvalue weighted by atomic mass is 16.5. The fourth-order valence-electron chi connectivity index (χ4n) is 1.18. The number of anilines is 1. The average molecular weight is 225 g/mol. The fraction of sp³-hybridized carbons (Fsp3) is 0.636. The van der Waals surface area contributed by atoms with Crippen LogP contribution >= 0.6 is 0 Å². The second kappa shape index (κ2) is 6.15. The minimum Gasteiger partial charge on any atom is -0.360 e. The van der Waals surface area contributed by atoms with Gasteiger partial charge in [-0.25, -0.2) is 0 Å². The van der Waals surface area contributed by atoms with Crippen molar-refractivity contribution in [3.63, 3.8) is 0 Å². The van der Waals surface area contributed by atoms with E-state index in [9.17, 15) is 4.79 Å². The molecule has 0 fully saturated rings. The van der Waals surface area contributed by atoms with E-state index < -0.39 is 0 Å². The highest BCUT2D eigenvalue weighted by Gasteiger charge is 2.03. The van der Waals surface area contributed by atoms with E-state index >= 15 is 0 Å². The minimum atomic E-state index is -0.0266. The Kier molecular flexibility index (Phi) is 4.82. The highest BCUT2D eigenvalue weighted by Crippen LogP contribution is 2.05. The number of aryl methyl sites for hydroxylation is 1. The predicted octanol–water partition coefficient (Wildman–Crippen LogP) is 1.56. The van der Waals surface area contributed by atoms with Crippen molar-refractivity contribution in [3.05, 3.63) is 11.8 Å². The third kappa shape index (κ3) is 4.82. The van der Waals surface area contributed by atoms with Crippen LogP contribution in [0.5, 0.6) is 0 Å². The molecule has 0 spiro atoms. The summed E-state index contributed by atoms with van der Waals surface area (Å²) >= 11 is 0. The zero-order chi connectivity index (χ0) is 12.0. The molecule has 90 valence electrons. The van der Waals surface area contributed by atoms with Crippen molar-refractivity contribution in [1.82, 2.24) is 10.5 Å². The molecule has 0 radical (unpaired) electrons. The van der Waals surface area contributed by atoms with Crippen molar-refractivity contribution < 1.29 is 9.32 Å². The van der Waals surface area contributed by atoms with Crippen LogP contribution < -0.4 is 10.6 Å². The van der Waals surface area contributed by atoms with E-state index in [4.69, 9.17) is 4.52 Å². The Bertz CT molecular complexity index is 334. The maximum Gasteiger partial charge on any atom is 0.239 e. The first-order valence-corrected chi connectivity index (χ1v) is 5.52. The van der Waals surface area contributed by atoms with Crippen molar-refractivity contribution in [3.8, 4) is 0 Å². The Morgan fingerprint density at radius 1 is 1.56 bits per heavy atom. The van der Waals surface area contributed by atoms with Gasteiger partial charge in [0.15, 0.2) is 5.82 Å². The number of hydrogen-bond donors (Lipinski definition) is 2. The number of nitrogens with zero attached hydrogens (tertiary/aromatic N) is 1. The molecule has 0 aliphatic heterocycles. The molecule has 1 aromatic rings. The van der Waals surface area contributed by atoms with Gasteiger partial charge in [0.2, 0.25) is 5.91 Å². The molecule has 0 aliphatic carbocycles. The number of amides is 1. The summed E-state index contributed by atoms with van der Waals surface area (Å²) in [6, 6.07) is 1.75. The lowest BCUT2D eigenvalue weighted by Gasteiger charge is -2.07. The van der Waals surface area contributed by atoms with Gasteiger partial charge in [-0.3, -0.25) is 4.79 Å². The number of aromatic nitrogens is 1. The van der Waals surface area contributed by atoms with Crippen LogP contribution in [0.1, 0.15) is 26.0 Å². The van der Waals surface area contributed by atoms with Crippen LogP contribution in [-0.2, 0) is 4.79 Å². The van der Waals surface area contributed by atoms with Crippen LogP contribution in [0.15, 0.2) is 10.6 Å². The predicted molar refractivity (Wildman–Crippen MR) is 62.2 cm³/mol. The third-order valence-electron chi connectivity index (χ3n) is 2.10. The van der Waals surface area contributed by atoms with E-state index in [-0.39, 0.29) is 12.5 Å². The van der Waals surface area contributed by atoms with Gasteiger partial charge in [0.25, 0.3) is 0 Å². The van der Waals surface area contributed by atoms with Crippen molar-refractivity contribution in [2.45, 2.75) is 27.2 Å². The molecule has 2 N–H and O–H groups in total. The lowest BCUT2D eigenvalue weighted by molar-refractivity contribution is -0.119. The summed E-state index contributed by atoms with van der Waals surface area (Å²) in [7, 11) is 0. The van der Waals surface area contributed by atoms with E-state index in [1.165, 1.54) is 0 Å². The molecule has 1 aromatic heterocycles. The van der Waals surface area contributed by atoms with Gasteiger partial charge in [-0.05, 0) is 19.3 Å². The first-order chi connectivity index (χ1) is 7.58. The molecule has 1 amide bonds. The Morgan fingerprint density at radius 3 is 2.88 bits per heavy atom. The van der Waals surface area contributed by atoms with Crippen molar-refractivity contribution in [2.75, 3.05) is 18.4 Å². The largest absolute Gasteiger partial charge is 0.360 e. The van der Waals surface area contributed by atoms with Crippen molar-refractivity contribution in [1.29, 1.82) is 0 Å². The smallest absolute Gasteiger partial charge is 0.239 e. The first-order valence-electron chi connectivity index (χ1n) is 5.52. The summed E-state index contributed by atoms with van der Waals surface area (Å²) < 4.78 is 4.87. The fourth-order valence-corrected chi connectivity index (χ4v) is 1.18. The molecule has 16 heavy (non-hydrogen) atoms. The van der Waals surface area contributed by atoms with E-state index in [0.29, 0.717) is 11.7 Å². The second-order valence-corrected chi connectivity index (χ2v) is 4.21. The molecule has 0 atom stereocenters. The summed E-state index contributed by atoms with van der Waals surface area (Å²) in [5.74, 6) is 1.90.